The van der Waals surface area contributed by atoms with Gasteiger partial charge in [0, 0.05) is 29.2 Å². The molecule has 0 unspecified atom stereocenters. The first-order valence-corrected chi connectivity index (χ1v) is 11.3. The predicted octanol–water partition coefficient (Wildman–Crippen LogP) is 6.44. The van der Waals surface area contributed by atoms with Crippen molar-refractivity contribution in [3.05, 3.63) is 89.0 Å². The van der Waals surface area contributed by atoms with Gasteiger partial charge in [0.1, 0.15) is 0 Å². The van der Waals surface area contributed by atoms with Gasteiger partial charge >= 0.3 is 0 Å². The van der Waals surface area contributed by atoms with Crippen molar-refractivity contribution in [3.8, 4) is 0 Å². The van der Waals surface area contributed by atoms with Gasteiger partial charge in [-0.1, -0.05) is 61.5 Å². The second-order valence-corrected chi connectivity index (χ2v) is 8.74. The number of nitrogens with zero attached hydrogens (tertiary/aromatic N) is 2. The zero-order chi connectivity index (χ0) is 21.4. The summed E-state index contributed by atoms with van der Waals surface area (Å²) < 4.78 is 2.21. The third kappa shape index (κ3) is 3.66. The lowest BCUT2D eigenvalue weighted by Gasteiger charge is -2.13. The lowest BCUT2D eigenvalue weighted by atomic mass is 10.1. The minimum Gasteiger partial charge on any atom is -0.347 e. The minimum absolute atomic E-state index is 0.221. The van der Waals surface area contributed by atoms with Crippen molar-refractivity contribution < 1.29 is 9.59 Å². The molecule has 154 valence electrons. The summed E-state index contributed by atoms with van der Waals surface area (Å²) >= 11 is 1.02. The Labute approximate surface area is 185 Å². The van der Waals surface area contributed by atoms with Gasteiger partial charge in [-0.15, -0.1) is 0 Å². The first-order valence-electron chi connectivity index (χ1n) is 10.4. The van der Waals surface area contributed by atoms with E-state index in [0.29, 0.717) is 4.91 Å². The number of carbonyl (C=O) groups excluding carboxylic acids is 2. The Kier molecular flexibility index (Phi) is 5.12. The van der Waals surface area contributed by atoms with E-state index in [1.165, 1.54) is 4.90 Å². The summed E-state index contributed by atoms with van der Waals surface area (Å²) in [6.07, 6.45) is 4.96. The molecule has 5 heteroatoms. The fourth-order valence-electron chi connectivity index (χ4n) is 4.11. The van der Waals surface area contributed by atoms with Crippen molar-refractivity contribution in [2.45, 2.75) is 26.4 Å². The third-order valence-electron chi connectivity index (χ3n) is 5.60. The molecule has 1 saturated heterocycles. The molecule has 1 aliphatic rings. The quantitative estimate of drug-likeness (QED) is 0.345. The van der Waals surface area contributed by atoms with Crippen LogP contribution in [0.5, 0.6) is 0 Å². The molecule has 4 aromatic rings. The van der Waals surface area contributed by atoms with Gasteiger partial charge in [-0.3, -0.25) is 14.5 Å². The number of benzene rings is 3. The Bertz CT molecular complexity index is 1350. The second-order valence-electron chi connectivity index (χ2n) is 7.74. The molecule has 0 bridgehead atoms. The fraction of sp³-hybridized carbons (Fsp3) is 0.154. The highest BCUT2D eigenvalue weighted by Crippen LogP contribution is 2.35. The van der Waals surface area contributed by atoms with E-state index in [-0.39, 0.29) is 17.7 Å². The number of hydrogen-bond donors (Lipinski definition) is 0. The van der Waals surface area contributed by atoms with E-state index >= 15 is 0 Å². The van der Waals surface area contributed by atoms with Crippen LogP contribution in [0.3, 0.4) is 0 Å². The maximum absolute atomic E-state index is 13.1. The van der Waals surface area contributed by atoms with Gasteiger partial charge in [-0.2, -0.15) is 0 Å². The molecule has 0 aliphatic carbocycles. The smallest absolute Gasteiger partial charge is 0.293 e. The zero-order valence-electron chi connectivity index (χ0n) is 17.2. The number of carbonyl (C=O) groups is 2. The number of aryl methyl sites for hydroxylation is 1. The van der Waals surface area contributed by atoms with Crippen molar-refractivity contribution in [2.24, 2.45) is 0 Å². The number of hydrogen-bond acceptors (Lipinski definition) is 3. The van der Waals surface area contributed by atoms with E-state index in [2.05, 4.69) is 35.9 Å². The topological polar surface area (TPSA) is 42.3 Å². The van der Waals surface area contributed by atoms with Crippen LogP contribution < -0.4 is 0 Å². The first-order chi connectivity index (χ1) is 15.1. The summed E-state index contributed by atoms with van der Waals surface area (Å²) in [5.41, 5.74) is 3.06. The van der Waals surface area contributed by atoms with Gasteiger partial charge in [-0.05, 0) is 52.7 Å². The molecular formula is C26H22N2O2S. The largest absolute Gasteiger partial charge is 0.347 e. The summed E-state index contributed by atoms with van der Waals surface area (Å²) in [6.45, 7) is 3.34. The number of imide groups is 1. The van der Waals surface area contributed by atoms with Crippen LogP contribution in [0.1, 0.15) is 24.5 Å². The first kappa shape index (κ1) is 19.6. The third-order valence-corrected chi connectivity index (χ3v) is 6.51. The van der Waals surface area contributed by atoms with E-state index in [4.69, 9.17) is 0 Å². The van der Waals surface area contributed by atoms with Crippen LogP contribution in [0, 0.1) is 0 Å². The molecule has 2 amide bonds. The minimum atomic E-state index is -0.226. The highest BCUT2D eigenvalue weighted by atomic mass is 32.2. The Morgan fingerprint density at radius 2 is 1.71 bits per heavy atom. The van der Waals surface area contributed by atoms with Crippen LogP contribution in [-0.4, -0.2) is 20.6 Å². The lowest BCUT2D eigenvalue weighted by molar-refractivity contribution is -0.123. The zero-order valence-corrected chi connectivity index (χ0v) is 18.1. The number of fused-ring (bicyclic) bond motifs is 2. The van der Waals surface area contributed by atoms with Gasteiger partial charge in [0.2, 0.25) is 0 Å². The van der Waals surface area contributed by atoms with Crippen LogP contribution in [0.4, 0.5) is 4.79 Å². The molecule has 2 heterocycles. The normalized spacial score (nSPS) is 15.6. The predicted molar refractivity (Wildman–Crippen MR) is 128 cm³/mol. The van der Waals surface area contributed by atoms with Gasteiger partial charge in [0.05, 0.1) is 11.4 Å². The Morgan fingerprint density at radius 1 is 0.935 bits per heavy atom. The average molecular weight is 427 g/mol. The SMILES string of the molecule is CCCn1cc(/C=C2\SC(=O)N(Cc3ccc4ccccc4c3)C2=O)c2ccccc21. The highest BCUT2D eigenvalue weighted by molar-refractivity contribution is 8.18. The molecule has 3 aromatic carbocycles. The van der Waals surface area contributed by atoms with Crippen LogP contribution in [0.25, 0.3) is 27.8 Å². The van der Waals surface area contributed by atoms with Crippen LogP contribution in [0.15, 0.2) is 77.8 Å². The van der Waals surface area contributed by atoms with Crippen LogP contribution in [-0.2, 0) is 17.9 Å². The molecule has 1 aliphatic heterocycles. The van der Waals surface area contributed by atoms with E-state index < -0.39 is 0 Å². The second kappa shape index (κ2) is 8.08. The molecule has 0 spiro atoms. The van der Waals surface area contributed by atoms with Crippen molar-refractivity contribution in [1.82, 2.24) is 9.47 Å². The summed E-state index contributed by atoms with van der Waals surface area (Å²) in [5.74, 6) is -0.226. The van der Waals surface area contributed by atoms with E-state index in [9.17, 15) is 9.59 Å². The maximum atomic E-state index is 13.1. The van der Waals surface area contributed by atoms with Gasteiger partial charge < -0.3 is 4.57 Å². The fourth-order valence-corrected chi connectivity index (χ4v) is 4.94. The highest BCUT2D eigenvalue weighted by Gasteiger charge is 2.35. The summed E-state index contributed by atoms with van der Waals surface area (Å²) in [4.78, 5) is 27.5. The number of aromatic nitrogens is 1. The Morgan fingerprint density at radius 3 is 2.55 bits per heavy atom. The maximum Gasteiger partial charge on any atom is 0.293 e. The van der Waals surface area contributed by atoms with Crippen LogP contribution in [0.2, 0.25) is 0 Å². The summed E-state index contributed by atoms with van der Waals surface area (Å²) in [5, 5.41) is 3.12. The summed E-state index contributed by atoms with van der Waals surface area (Å²) in [7, 11) is 0. The van der Waals surface area contributed by atoms with Gasteiger partial charge in [-0.25, -0.2) is 0 Å². The van der Waals surface area contributed by atoms with E-state index in [1.807, 2.05) is 54.6 Å². The van der Waals surface area contributed by atoms with Gasteiger partial charge in [0.15, 0.2) is 0 Å². The van der Waals surface area contributed by atoms with Crippen LogP contribution >= 0.6 is 11.8 Å². The Hall–Kier alpha value is -3.31. The number of rotatable bonds is 5. The molecule has 0 saturated carbocycles. The summed E-state index contributed by atoms with van der Waals surface area (Å²) in [6, 6.07) is 22.3. The van der Waals surface area contributed by atoms with Gasteiger partial charge in [0.25, 0.3) is 11.1 Å². The number of para-hydroxylation sites is 1. The molecule has 0 radical (unpaired) electrons. The van der Waals surface area contributed by atoms with Crippen molar-refractivity contribution in [3.63, 3.8) is 0 Å². The average Bonchev–Trinajstić information content (AvgIpc) is 3.26. The molecule has 0 N–H and O–H groups in total. The molecule has 1 aromatic heterocycles. The standard InChI is InChI=1S/C26H22N2O2S/c1-2-13-27-17-21(22-9-5-6-10-23(22)27)15-24-25(29)28(26(30)31-24)16-18-11-12-19-7-3-4-8-20(19)14-18/h3-12,14-15,17H,2,13,16H2,1H3/b24-15-. The molecule has 1 fully saturated rings. The number of thioether (sulfide) groups is 1. The molecule has 4 nitrogen and oxygen atoms in total. The number of amides is 2. The lowest BCUT2D eigenvalue weighted by Crippen LogP contribution is -2.27. The molecule has 0 atom stereocenters. The molecule has 31 heavy (non-hydrogen) atoms. The van der Waals surface area contributed by atoms with Crippen molar-refractivity contribution in [1.29, 1.82) is 0 Å². The molecule has 5 rings (SSSR count). The molecular weight excluding hydrogens is 404 g/mol. The Balaban J connectivity index is 1.44. The van der Waals surface area contributed by atoms with E-state index in [0.717, 1.165) is 57.5 Å². The van der Waals surface area contributed by atoms with E-state index in [1.54, 1.807) is 0 Å². The van der Waals surface area contributed by atoms with Crippen molar-refractivity contribution >= 4 is 50.7 Å². The monoisotopic (exact) mass is 426 g/mol. The van der Waals surface area contributed by atoms with Crippen molar-refractivity contribution in [2.75, 3.05) is 0 Å².